The normalized spacial score (nSPS) is 13.2. The molecule has 0 spiro atoms. The third kappa shape index (κ3) is 8.37. The number of pyridine rings is 1. The van der Waals surface area contributed by atoms with Crippen LogP contribution in [0.25, 0.3) is 27.6 Å². The molecule has 0 saturated heterocycles. The molecule has 72 heavy (non-hydrogen) atoms. The van der Waals surface area contributed by atoms with Crippen molar-refractivity contribution < 1.29 is 4.74 Å². The largest absolute Gasteiger partial charge is 0.457 e. The van der Waals surface area contributed by atoms with Crippen LogP contribution >= 0.6 is 0 Å². The minimum absolute atomic E-state index is 0.00839. The molecule has 3 heterocycles. The quantitative estimate of drug-likeness (QED) is 0.107. The van der Waals surface area contributed by atoms with Crippen molar-refractivity contribution in [2.45, 2.75) is 78.6 Å². The van der Waals surface area contributed by atoms with Gasteiger partial charge in [0.05, 0.1) is 22.4 Å². The molecule has 358 valence electrons. The van der Waals surface area contributed by atoms with Crippen molar-refractivity contribution in [3.63, 3.8) is 0 Å². The topological polar surface area (TPSA) is 33.5 Å². The number of ether oxygens (including phenoxy) is 1. The molecule has 10 aromatic rings. The average molecular weight is 957 g/mol. The van der Waals surface area contributed by atoms with Gasteiger partial charge in [0.25, 0.3) is 0 Å². The van der Waals surface area contributed by atoms with Crippen LogP contribution in [0.2, 0.25) is 0 Å². The minimum atomic E-state index is -2.81. The number of benzene rings is 8. The Bertz CT molecular complexity index is 3470. The maximum absolute atomic E-state index is 6.94. The van der Waals surface area contributed by atoms with E-state index in [1.807, 2.05) is 6.20 Å². The summed E-state index contributed by atoms with van der Waals surface area (Å²) in [4.78, 5) is 9.94. The van der Waals surface area contributed by atoms with Gasteiger partial charge in [0.15, 0.2) is 8.07 Å². The monoisotopic (exact) mass is 956 g/mol. The van der Waals surface area contributed by atoms with Gasteiger partial charge in [0.2, 0.25) is 0 Å². The van der Waals surface area contributed by atoms with Crippen LogP contribution in [0.15, 0.2) is 212 Å². The molecule has 1 aliphatic rings. The van der Waals surface area contributed by atoms with E-state index >= 15 is 0 Å². The molecule has 0 radical (unpaired) electrons. The predicted octanol–water partition coefficient (Wildman–Crippen LogP) is 14.5. The molecular weight excluding hydrogens is 893 g/mol. The summed E-state index contributed by atoms with van der Waals surface area (Å²) < 4.78 is 9.27. The third-order valence-corrected chi connectivity index (χ3v) is 19.5. The van der Waals surface area contributed by atoms with E-state index in [0.717, 1.165) is 39.4 Å². The van der Waals surface area contributed by atoms with Crippen LogP contribution in [0.4, 0.5) is 22.7 Å². The van der Waals surface area contributed by atoms with E-state index < -0.39 is 8.07 Å². The van der Waals surface area contributed by atoms with Gasteiger partial charge >= 0.3 is 0 Å². The zero-order valence-electron chi connectivity index (χ0n) is 43.1. The highest BCUT2D eigenvalue weighted by atomic mass is 28.3. The lowest BCUT2D eigenvalue weighted by Gasteiger charge is -2.34. The number of hydrogen-bond acceptors (Lipinski definition) is 4. The van der Waals surface area contributed by atoms with Crippen molar-refractivity contribution in [1.82, 2.24) is 9.55 Å². The van der Waals surface area contributed by atoms with Crippen molar-refractivity contribution in [3.05, 3.63) is 229 Å². The van der Waals surface area contributed by atoms with Crippen LogP contribution < -0.4 is 35.3 Å². The van der Waals surface area contributed by atoms with E-state index in [4.69, 9.17) is 9.72 Å². The summed E-state index contributed by atoms with van der Waals surface area (Å²) in [7, 11) is -2.81. The first-order valence-corrected chi connectivity index (χ1v) is 27.4. The lowest BCUT2D eigenvalue weighted by Crippen LogP contribution is -2.74. The van der Waals surface area contributed by atoms with Gasteiger partial charge in [0.1, 0.15) is 24.0 Å². The van der Waals surface area contributed by atoms with Gasteiger partial charge in [-0.15, -0.1) is 0 Å². The maximum atomic E-state index is 6.94. The van der Waals surface area contributed by atoms with Gasteiger partial charge in [-0.25, -0.2) is 4.98 Å². The van der Waals surface area contributed by atoms with E-state index in [9.17, 15) is 0 Å². The molecule has 0 atom stereocenters. The number of hydrogen-bond donors (Lipinski definition) is 0. The Balaban J connectivity index is 1.03. The van der Waals surface area contributed by atoms with Crippen LogP contribution in [-0.4, -0.2) is 24.3 Å². The molecule has 2 aromatic heterocycles. The van der Waals surface area contributed by atoms with Gasteiger partial charge in [-0.1, -0.05) is 190 Å². The molecule has 0 unspecified atom stereocenters. The molecule has 0 bridgehead atoms. The fourth-order valence-corrected chi connectivity index (χ4v) is 15.5. The van der Waals surface area contributed by atoms with E-state index in [1.54, 1.807) is 0 Å². The van der Waals surface area contributed by atoms with Crippen molar-refractivity contribution >= 4 is 73.4 Å². The molecule has 1 aliphatic heterocycles. The summed E-state index contributed by atoms with van der Waals surface area (Å²) in [5.41, 5.74) is 10.6. The molecule has 0 amide bonds. The van der Waals surface area contributed by atoms with E-state index in [-0.39, 0.29) is 16.2 Å². The number of fused-ring (bicyclic) bond motifs is 4. The Hall–Kier alpha value is -7.67. The SMILES string of the molecule is CC(C)(C)c1cc(N2CN(c3cccc(Oc4ccc5c6cc([Si](c7ccccc7)(c7ccccc7)c7ccccc7)ccc6n(-c6cc(C(C)(C)C)ccn6)c5c4)c3)c3ccccc32)cc(C(C)(C)C)c1. The summed E-state index contributed by atoms with van der Waals surface area (Å²) in [6.07, 6.45) is 1.95. The Morgan fingerprint density at radius 3 is 1.51 bits per heavy atom. The molecule has 6 heteroatoms. The third-order valence-electron chi connectivity index (χ3n) is 14.7. The second-order valence-corrected chi connectivity index (χ2v) is 26.4. The number of para-hydroxylation sites is 2. The first kappa shape index (κ1) is 46.7. The second-order valence-electron chi connectivity index (χ2n) is 22.6. The Morgan fingerprint density at radius 2 is 0.944 bits per heavy atom. The molecule has 8 aromatic carbocycles. The lowest BCUT2D eigenvalue weighted by atomic mass is 9.80. The summed E-state index contributed by atoms with van der Waals surface area (Å²) in [6, 6.07) is 76.1. The number of rotatable bonds is 9. The summed E-state index contributed by atoms with van der Waals surface area (Å²) in [5, 5.41) is 7.68. The summed E-state index contributed by atoms with van der Waals surface area (Å²) in [6.45, 7) is 21.3. The van der Waals surface area contributed by atoms with Gasteiger partial charge in [-0.3, -0.25) is 4.57 Å². The van der Waals surface area contributed by atoms with Crippen molar-refractivity contribution in [3.8, 4) is 17.3 Å². The molecule has 0 aliphatic carbocycles. The average Bonchev–Trinajstić information content (AvgIpc) is 3.93. The molecule has 5 nitrogen and oxygen atoms in total. The van der Waals surface area contributed by atoms with E-state index in [0.29, 0.717) is 6.67 Å². The number of aromatic nitrogens is 2. The molecule has 0 N–H and O–H groups in total. The van der Waals surface area contributed by atoms with Crippen LogP contribution in [0, 0.1) is 0 Å². The van der Waals surface area contributed by atoms with E-state index in [1.165, 1.54) is 59.9 Å². The van der Waals surface area contributed by atoms with Crippen molar-refractivity contribution in [1.29, 1.82) is 0 Å². The minimum Gasteiger partial charge on any atom is -0.457 e. The Morgan fingerprint density at radius 1 is 0.403 bits per heavy atom. The fraction of sp³-hybridized carbons (Fsp3) is 0.197. The van der Waals surface area contributed by atoms with Gasteiger partial charge in [-0.2, -0.15) is 0 Å². The van der Waals surface area contributed by atoms with Gasteiger partial charge in [0, 0.05) is 40.5 Å². The zero-order valence-corrected chi connectivity index (χ0v) is 44.1. The van der Waals surface area contributed by atoms with Gasteiger partial charge in [-0.05, 0) is 120 Å². The number of anilines is 4. The first-order chi connectivity index (χ1) is 34.6. The Kier molecular flexibility index (Phi) is 11.6. The highest BCUT2D eigenvalue weighted by Crippen LogP contribution is 2.46. The lowest BCUT2D eigenvalue weighted by molar-refractivity contribution is 0.483. The molecule has 11 rings (SSSR count). The van der Waals surface area contributed by atoms with Crippen LogP contribution in [0.1, 0.15) is 79.0 Å². The second kappa shape index (κ2) is 17.9. The smallest absolute Gasteiger partial charge is 0.179 e. The van der Waals surface area contributed by atoms with Crippen LogP contribution in [-0.2, 0) is 16.2 Å². The molecule has 0 saturated carbocycles. The molecule has 0 fully saturated rings. The standard InChI is InChI=1S/C66H64N4OSi/c1-64(2,3)46-36-37-67-63(41-46)70-59-35-33-56(72(53-24-13-10-14-25-53,54-26-15-11-16-27-54)55-28-17-12-18-29-55)44-58(59)57-34-32-52(43-62(57)70)71-51-23-21-22-49(42-51)68-45-69(61-31-20-19-30-60(61)68)50-39-47(65(4,5)6)38-48(40-50)66(7,8)9/h10-44H,45H2,1-9H3. The Labute approximate surface area is 427 Å². The summed E-state index contributed by atoms with van der Waals surface area (Å²) >= 11 is 0. The van der Waals surface area contributed by atoms with Gasteiger partial charge < -0.3 is 14.5 Å². The van der Waals surface area contributed by atoms with Crippen molar-refractivity contribution in [2.75, 3.05) is 16.5 Å². The maximum Gasteiger partial charge on any atom is 0.179 e. The number of nitrogens with zero attached hydrogens (tertiary/aromatic N) is 4. The molecular formula is C66H64N4OSi. The highest BCUT2D eigenvalue weighted by Gasteiger charge is 2.42. The first-order valence-electron chi connectivity index (χ1n) is 25.4. The zero-order chi connectivity index (χ0) is 50.0. The van der Waals surface area contributed by atoms with Crippen molar-refractivity contribution in [2.24, 2.45) is 0 Å². The predicted molar refractivity (Wildman–Crippen MR) is 307 cm³/mol. The highest BCUT2D eigenvalue weighted by molar-refractivity contribution is 7.20. The fourth-order valence-electron chi connectivity index (χ4n) is 10.8. The van der Waals surface area contributed by atoms with Crippen LogP contribution in [0.3, 0.4) is 0 Å². The van der Waals surface area contributed by atoms with Crippen LogP contribution in [0.5, 0.6) is 11.5 Å². The van der Waals surface area contributed by atoms with E-state index in [2.05, 4.69) is 283 Å². The summed E-state index contributed by atoms with van der Waals surface area (Å²) in [5.74, 6) is 2.41.